The topological polar surface area (TPSA) is 54.6 Å². The molecule has 102 valence electrons. The van der Waals surface area contributed by atoms with Crippen LogP contribution in [0, 0.1) is 0 Å². The molecule has 0 spiro atoms. The third-order valence-corrected chi connectivity index (χ3v) is 2.68. The van der Waals surface area contributed by atoms with Gasteiger partial charge in [-0.2, -0.15) is 0 Å². The van der Waals surface area contributed by atoms with Gasteiger partial charge >= 0.3 is 0 Å². The van der Waals surface area contributed by atoms with Crippen LogP contribution in [-0.4, -0.2) is 24.4 Å². The van der Waals surface area contributed by atoms with Crippen LogP contribution < -0.4 is 5.32 Å². The summed E-state index contributed by atoms with van der Waals surface area (Å²) in [6, 6.07) is 13.7. The van der Waals surface area contributed by atoms with Crippen molar-refractivity contribution in [1.29, 1.82) is 0 Å². The van der Waals surface area contributed by atoms with Crippen molar-refractivity contribution in [2.75, 3.05) is 13.2 Å². The second kappa shape index (κ2) is 7.74. The van der Waals surface area contributed by atoms with E-state index in [1.54, 1.807) is 6.26 Å². The summed E-state index contributed by atoms with van der Waals surface area (Å²) in [4.78, 5) is 0. The molecule has 1 heterocycles. The summed E-state index contributed by atoms with van der Waals surface area (Å²) in [5, 5.41) is 12.9. The van der Waals surface area contributed by atoms with Gasteiger partial charge in [-0.25, -0.2) is 0 Å². The second-order valence-corrected chi connectivity index (χ2v) is 4.36. The molecule has 0 bridgehead atoms. The molecule has 0 saturated carbocycles. The molecule has 1 unspecified atom stereocenters. The molecule has 0 aliphatic rings. The minimum atomic E-state index is -0.515. The normalized spacial score (nSPS) is 12.5. The lowest BCUT2D eigenvalue weighted by Crippen LogP contribution is -2.29. The molecule has 0 aliphatic heterocycles. The molecule has 0 aliphatic carbocycles. The Hall–Kier alpha value is -1.62. The molecular weight excluding hydrogens is 242 g/mol. The van der Waals surface area contributed by atoms with E-state index in [2.05, 4.69) is 5.32 Å². The van der Waals surface area contributed by atoms with E-state index < -0.39 is 6.10 Å². The van der Waals surface area contributed by atoms with E-state index >= 15 is 0 Å². The second-order valence-electron chi connectivity index (χ2n) is 4.36. The van der Waals surface area contributed by atoms with E-state index in [9.17, 15) is 5.11 Å². The molecule has 2 rings (SSSR count). The predicted molar refractivity (Wildman–Crippen MR) is 72.5 cm³/mol. The van der Waals surface area contributed by atoms with E-state index in [4.69, 9.17) is 9.15 Å². The fourth-order valence-electron chi connectivity index (χ4n) is 1.72. The summed E-state index contributed by atoms with van der Waals surface area (Å²) < 4.78 is 10.6. The minimum absolute atomic E-state index is 0.319. The zero-order valence-electron chi connectivity index (χ0n) is 10.8. The van der Waals surface area contributed by atoms with Crippen LogP contribution in [0.15, 0.2) is 53.1 Å². The summed E-state index contributed by atoms with van der Waals surface area (Å²) in [7, 11) is 0. The van der Waals surface area contributed by atoms with Gasteiger partial charge in [-0.3, -0.25) is 0 Å². The fourth-order valence-corrected chi connectivity index (χ4v) is 1.72. The molecule has 1 aromatic carbocycles. The Morgan fingerprint density at radius 3 is 2.74 bits per heavy atom. The van der Waals surface area contributed by atoms with Crippen molar-refractivity contribution in [2.45, 2.75) is 19.3 Å². The summed E-state index contributed by atoms with van der Waals surface area (Å²) in [5.41, 5.74) is 1.11. The molecule has 2 N–H and O–H groups in total. The fraction of sp³-hybridized carbons (Fsp3) is 0.333. The first kappa shape index (κ1) is 13.8. The Bertz CT molecular complexity index is 442. The number of hydrogen-bond donors (Lipinski definition) is 2. The first-order valence-electron chi connectivity index (χ1n) is 6.37. The lowest BCUT2D eigenvalue weighted by atomic mass is 10.2. The van der Waals surface area contributed by atoms with Crippen molar-refractivity contribution in [2.24, 2.45) is 0 Å². The number of nitrogens with one attached hydrogen (secondary N) is 1. The maximum Gasteiger partial charge on any atom is 0.117 e. The van der Waals surface area contributed by atoms with Crippen LogP contribution in [0.4, 0.5) is 0 Å². The zero-order valence-corrected chi connectivity index (χ0v) is 10.8. The Balaban J connectivity index is 1.56. The number of aliphatic hydroxyl groups is 1. The molecule has 0 amide bonds. The van der Waals surface area contributed by atoms with E-state index in [1.807, 2.05) is 42.5 Å². The van der Waals surface area contributed by atoms with Gasteiger partial charge in [0.2, 0.25) is 0 Å². The molecule has 4 nitrogen and oxygen atoms in total. The Morgan fingerprint density at radius 1 is 1.16 bits per heavy atom. The van der Waals surface area contributed by atoms with Gasteiger partial charge in [-0.15, -0.1) is 0 Å². The lowest BCUT2D eigenvalue weighted by molar-refractivity contribution is 0.0285. The summed E-state index contributed by atoms with van der Waals surface area (Å²) >= 11 is 0. The van der Waals surface area contributed by atoms with Crippen LogP contribution in [0.2, 0.25) is 0 Å². The molecule has 0 fully saturated rings. The van der Waals surface area contributed by atoms with Crippen LogP contribution in [0.25, 0.3) is 0 Å². The van der Waals surface area contributed by atoms with Crippen molar-refractivity contribution in [1.82, 2.24) is 5.32 Å². The molecule has 19 heavy (non-hydrogen) atoms. The van der Waals surface area contributed by atoms with Crippen LogP contribution in [0.5, 0.6) is 0 Å². The van der Waals surface area contributed by atoms with Crippen LogP contribution in [0.3, 0.4) is 0 Å². The molecule has 1 atom stereocenters. The smallest absolute Gasteiger partial charge is 0.117 e. The van der Waals surface area contributed by atoms with Gasteiger partial charge in [-0.05, 0) is 17.7 Å². The van der Waals surface area contributed by atoms with E-state index in [-0.39, 0.29) is 0 Å². The standard InChI is InChI=1S/C15H19NO3/c17-14(9-16-10-15-7-4-8-19-15)12-18-11-13-5-2-1-3-6-13/h1-8,14,16-17H,9-12H2. The Labute approximate surface area is 113 Å². The number of rotatable bonds is 8. The van der Waals surface area contributed by atoms with Gasteiger partial charge in [0.15, 0.2) is 0 Å². The molecule has 0 radical (unpaired) electrons. The van der Waals surface area contributed by atoms with Gasteiger partial charge in [0.05, 0.1) is 32.1 Å². The van der Waals surface area contributed by atoms with E-state index in [0.717, 1.165) is 11.3 Å². The quantitative estimate of drug-likeness (QED) is 0.762. The number of hydrogen-bond acceptors (Lipinski definition) is 4. The maximum atomic E-state index is 9.74. The summed E-state index contributed by atoms with van der Waals surface area (Å²) in [5.74, 6) is 0.859. The monoisotopic (exact) mass is 261 g/mol. The lowest BCUT2D eigenvalue weighted by Gasteiger charge is -2.11. The van der Waals surface area contributed by atoms with Gasteiger partial charge in [0.25, 0.3) is 0 Å². The first-order valence-corrected chi connectivity index (χ1v) is 6.37. The first-order chi connectivity index (χ1) is 9.34. The van der Waals surface area contributed by atoms with Gasteiger partial charge < -0.3 is 19.6 Å². The Morgan fingerprint density at radius 2 is 2.00 bits per heavy atom. The largest absolute Gasteiger partial charge is 0.468 e. The molecule has 2 aromatic rings. The summed E-state index contributed by atoms with van der Waals surface area (Å²) in [6.07, 6.45) is 1.12. The number of benzene rings is 1. The molecular formula is C15H19NO3. The van der Waals surface area contributed by atoms with Gasteiger partial charge in [0, 0.05) is 6.54 Å². The van der Waals surface area contributed by atoms with E-state index in [0.29, 0.717) is 26.3 Å². The van der Waals surface area contributed by atoms with Crippen molar-refractivity contribution in [3.05, 3.63) is 60.1 Å². The highest BCUT2D eigenvalue weighted by molar-refractivity contribution is 5.13. The van der Waals surface area contributed by atoms with Gasteiger partial charge in [-0.1, -0.05) is 30.3 Å². The number of aliphatic hydroxyl groups excluding tert-OH is 1. The molecule has 0 saturated heterocycles. The van der Waals surface area contributed by atoms with Crippen molar-refractivity contribution in [3.63, 3.8) is 0 Å². The third kappa shape index (κ3) is 5.26. The van der Waals surface area contributed by atoms with Crippen LogP contribution in [-0.2, 0) is 17.9 Å². The number of ether oxygens (including phenoxy) is 1. The van der Waals surface area contributed by atoms with Crippen molar-refractivity contribution in [3.8, 4) is 0 Å². The third-order valence-electron chi connectivity index (χ3n) is 2.68. The average Bonchev–Trinajstić information content (AvgIpc) is 2.93. The highest BCUT2D eigenvalue weighted by Crippen LogP contribution is 2.01. The summed E-state index contributed by atoms with van der Waals surface area (Å²) in [6.45, 7) is 1.94. The average molecular weight is 261 g/mol. The minimum Gasteiger partial charge on any atom is -0.468 e. The van der Waals surface area contributed by atoms with E-state index in [1.165, 1.54) is 0 Å². The predicted octanol–water partition coefficient (Wildman–Crippen LogP) is 1.95. The maximum absolute atomic E-state index is 9.74. The zero-order chi connectivity index (χ0) is 13.3. The molecule has 4 heteroatoms. The Kier molecular flexibility index (Phi) is 5.62. The van der Waals surface area contributed by atoms with Crippen molar-refractivity contribution < 1.29 is 14.3 Å². The number of furan rings is 1. The van der Waals surface area contributed by atoms with Gasteiger partial charge in [0.1, 0.15) is 5.76 Å². The van der Waals surface area contributed by atoms with Crippen LogP contribution >= 0.6 is 0 Å². The highest BCUT2D eigenvalue weighted by Gasteiger charge is 2.04. The van der Waals surface area contributed by atoms with Crippen molar-refractivity contribution >= 4 is 0 Å². The molecule has 1 aromatic heterocycles. The SMILES string of the molecule is OC(CNCc1ccco1)COCc1ccccc1. The van der Waals surface area contributed by atoms with Crippen LogP contribution in [0.1, 0.15) is 11.3 Å². The highest BCUT2D eigenvalue weighted by atomic mass is 16.5.